The molecular weight excluding hydrogens is 274 g/mol. The Bertz CT molecular complexity index is 163. The topological polar surface area (TPSA) is 0 Å². The molecule has 0 saturated heterocycles. The van der Waals surface area contributed by atoms with Crippen molar-refractivity contribution in [3.05, 3.63) is 0 Å². The van der Waals surface area contributed by atoms with E-state index in [1.807, 2.05) is 0 Å². The van der Waals surface area contributed by atoms with Crippen molar-refractivity contribution in [3.8, 4) is 0 Å². The van der Waals surface area contributed by atoms with E-state index in [0.717, 1.165) is 4.48 Å². The summed E-state index contributed by atoms with van der Waals surface area (Å²) in [5, 5.41) is 0. The van der Waals surface area contributed by atoms with Crippen LogP contribution in [0.2, 0.25) is 0 Å². The minimum Gasteiger partial charge on any atom is -0.320 e. The largest absolute Gasteiger partial charge is 0.320 e. The monoisotopic (exact) mass is 306 g/mol. The number of rotatable bonds is 11. The van der Waals surface area contributed by atoms with E-state index in [-0.39, 0.29) is 0 Å². The van der Waals surface area contributed by atoms with Crippen LogP contribution >= 0.6 is 15.9 Å². The van der Waals surface area contributed by atoms with E-state index < -0.39 is 0 Å². The van der Waals surface area contributed by atoms with Crippen molar-refractivity contribution in [1.29, 1.82) is 0 Å². The summed E-state index contributed by atoms with van der Waals surface area (Å²) in [5.74, 6) is 0. The van der Waals surface area contributed by atoms with Gasteiger partial charge in [-0.2, -0.15) is 0 Å². The number of nitrogens with zero attached hydrogens (tertiary/aromatic N) is 1. The second-order valence-electron chi connectivity index (χ2n) is 6.17. The summed E-state index contributed by atoms with van der Waals surface area (Å²) >= 11 is 3.78. The lowest BCUT2D eigenvalue weighted by molar-refractivity contribution is -0.879. The standard InChI is InChI=1S/C15H33BrN/c1-5-6-7-8-9-10-11-12-13-14-15(16)17(2,3)4/h15H,5-14H2,1-4H3/q+1. The first-order valence-electron chi connectivity index (χ1n) is 7.43. The van der Waals surface area contributed by atoms with E-state index in [4.69, 9.17) is 0 Å². The molecule has 0 aliphatic heterocycles. The van der Waals surface area contributed by atoms with E-state index in [0.29, 0.717) is 4.95 Å². The van der Waals surface area contributed by atoms with Gasteiger partial charge in [0.2, 0.25) is 0 Å². The summed E-state index contributed by atoms with van der Waals surface area (Å²) in [6.45, 7) is 2.28. The number of unbranched alkanes of at least 4 members (excludes halogenated alkanes) is 8. The van der Waals surface area contributed by atoms with E-state index >= 15 is 0 Å². The smallest absolute Gasteiger partial charge is 0.143 e. The molecule has 2 heteroatoms. The van der Waals surface area contributed by atoms with Crippen LogP contribution in [0.25, 0.3) is 0 Å². The molecule has 0 N–H and O–H groups in total. The first kappa shape index (κ1) is 17.4. The Kier molecular flexibility index (Phi) is 10.6. The molecule has 1 atom stereocenters. The maximum Gasteiger partial charge on any atom is 0.143 e. The van der Waals surface area contributed by atoms with Gasteiger partial charge < -0.3 is 4.48 Å². The van der Waals surface area contributed by atoms with Crippen LogP contribution < -0.4 is 0 Å². The van der Waals surface area contributed by atoms with Gasteiger partial charge in [-0.05, 0) is 22.4 Å². The highest BCUT2D eigenvalue weighted by molar-refractivity contribution is 9.09. The molecule has 1 unspecified atom stereocenters. The lowest BCUT2D eigenvalue weighted by Crippen LogP contribution is -2.41. The predicted octanol–water partition coefficient (Wildman–Crippen LogP) is 5.33. The van der Waals surface area contributed by atoms with Gasteiger partial charge >= 0.3 is 0 Å². The number of halogens is 1. The maximum atomic E-state index is 3.78. The van der Waals surface area contributed by atoms with Crippen LogP contribution in [0.3, 0.4) is 0 Å². The highest BCUT2D eigenvalue weighted by Crippen LogP contribution is 2.19. The first-order chi connectivity index (χ1) is 7.98. The molecule has 104 valence electrons. The highest BCUT2D eigenvalue weighted by Gasteiger charge is 2.18. The van der Waals surface area contributed by atoms with Crippen LogP contribution in [0.15, 0.2) is 0 Å². The summed E-state index contributed by atoms with van der Waals surface area (Å²) in [6.07, 6.45) is 14.1. The zero-order valence-electron chi connectivity index (χ0n) is 12.5. The molecule has 0 radical (unpaired) electrons. The van der Waals surface area contributed by atoms with Gasteiger partial charge in [0.25, 0.3) is 0 Å². The average molecular weight is 307 g/mol. The lowest BCUT2D eigenvalue weighted by atomic mass is 10.1. The number of hydrogen-bond acceptors (Lipinski definition) is 0. The predicted molar refractivity (Wildman–Crippen MR) is 82.6 cm³/mol. The Morgan fingerprint density at radius 1 is 0.765 bits per heavy atom. The number of alkyl halides is 1. The lowest BCUT2D eigenvalue weighted by Gasteiger charge is -2.30. The van der Waals surface area contributed by atoms with Crippen LogP contribution in [-0.2, 0) is 0 Å². The van der Waals surface area contributed by atoms with Crippen molar-refractivity contribution < 1.29 is 4.48 Å². The minimum absolute atomic E-state index is 0.618. The summed E-state index contributed by atoms with van der Waals surface area (Å²) in [6, 6.07) is 0. The van der Waals surface area contributed by atoms with Crippen molar-refractivity contribution in [2.45, 2.75) is 76.1 Å². The second-order valence-corrected chi connectivity index (χ2v) is 7.22. The summed E-state index contributed by atoms with van der Waals surface area (Å²) in [5.41, 5.74) is 0. The van der Waals surface area contributed by atoms with E-state index in [1.165, 1.54) is 64.2 Å². The van der Waals surface area contributed by atoms with Crippen molar-refractivity contribution in [2.75, 3.05) is 21.1 Å². The molecule has 0 fully saturated rings. The van der Waals surface area contributed by atoms with Gasteiger partial charge in [0.15, 0.2) is 0 Å². The van der Waals surface area contributed by atoms with E-state index in [2.05, 4.69) is 44.0 Å². The van der Waals surface area contributed by atoms with Crippen molar-refractivity contribution >= 4 is 15.9 Å². The fourth-order valence-corrected chi connectivity index (χ4v) is 2.33. The van der Waals surface area contributed by atoms with Gasteiger partial charge in [0, 0.05) is 6.42 Å². The van der Waals surface area contributed by atoms with Gasteiger partial charge in [-0.25, -0.2) is 0 Å². The van der Waals surface area contributed by atoms with Crippen LogP contribution in [0.1, 0.15) is 71.1 Å². The Morgan fingerprint density at radius 3 is 1.59 bits per heavy atom. The normalized spacial score (nSPS) is 13.9. The SMILES string of the molecule is CCCCCCCCCCCC(Br)[N+](C)(C)C. The maximum absolute atomic E-state index is 3.78. The van der Waals surface area contributed by atoms with E-state index in [9.17, 15) is 0 Å². The molecule has 0 spiro atoms. The molecule has 0 aromatic rings. The molecule has 0 aromatic carbocycles. The highest BCUT2D eigenvalue weighted by atomic mass is 79.9. The molecule has 1 nitrogen and oxygen atoms in total. The van der Waals surface area contributed by atoms with Crippen LogP contribution in [0, 0.1) is 0 Å². The fraction of sp³-hybridized carbons (Fsp3) is 1.00. The summed E-state index contributed by atoms with van der Waals surface area (Å²) in [7, 11) is 6.77. The molecule has 0 aliphatic carbocycles. The molecule has 0 aliphatic rings. The Morgan fingerprint density at radius 2 is 1.18 bits per heavy atom. The van der Waals surface area contributed by atoms with Crippen LogP contribution in [-0.4, -0.2) is 30.6 Å². The minimum atomic E-state index is 0.618. The van der Waals surface area contributed by atoms with Gasteiger partial charge in [-0.15, -0.1) is 0 Å². The van der Waals surface area contributed by atoms with Crippen molar-refractivity contribution in [1.82, 2.24) is 0 Å². The third-order valence-corrected chi connectivity index (χ3v) is 5.07. The zero-order chi connectivity index (χ0) is 13.1. The third-order valence-electron chi connectivity index (χ3n) is 3.39. The molecule has 0 saturated carbocycles. The second kappa shape index (κ2) is 10.4. The van der Waals surface area contributed by atoms with Crippen molar-refractivity contribution in [3.63, 3.8) is 0 Å². The molecule has 0 heterocycles. The molecule has 0 bridgehead atoms. The Labute approximate surface area is 118 Å². The Hall–Kier alpha value is 0.440. The number of hydrogen-bond donors (Lipinski definition) is 0. The first-order valence-corrected chi connectivity index (χ1v) is 8.35. The van der Waals surface area contributed by atoms with Gasteiger partial charge in [0.1, 0.15) is 4.95 Å². The van der Waals surface area contributed by atoms with Gasteiger partial charge in [-0.1, -0.05) is 58.3 Å². The van der Waals surface area contributed by atoms with Crippen LogP contribution in [0.4, 0.5) is 0 Å². The van der Waals surface area contributed by atoms with Crippen LogP contribution in [0.5, 0.6) is 0 Å². The van der Waals surface area contributed by atoms with Gasteiger partial charge in [-0.3, -0.25) is 0 Å². The average Bonchev–Trinajstić information content (AvgIpc) is 2.25. The number of quaternary nitrogens is 1. The zero-order valence-corrected chi connectivity index (χ0v) is 14.1. The van der Waals surface area contributed by atoms with E-state index in [1.54, 1.807) is 0 Å². The molecule has 17 heavy (non-hydrogen) atoms. The Balaban J connectivity index is 3.19. The quantitative estimate of drug-likeness (QED) is 0.209. The fourth-order valence-electron chi connectivity index (χ4n) is 2.01. The third kappa shape index (κ3) is 11.3. The molecular formula is C15H33BrN+. The summed E-state index contributed by atoms with van der Waals surface area (Å²) in [4.78, 5) is 0.618. The summed E-state index contributed by atoms with van der Waals surface area (Å²) < 4.78 is 1.02. The molecule has 0 rings (SSSR count). The molecule has 0 amide bonds. The molecule has 0 aromatic heterocycles. The van der Waals surface area contributed by atoms with Crippen molar-refractivity contribution in [2.24, 2.45) is 0 Å². The van der Waals surface area contributed by atoms with Gasteiger partial charge in [0.05, 0.1) is 21.1 Å².